The summed E-state index contributed by atoms with van der Waals surface area (Å²) >= 11 is 0. The number of hydrogen-bond acceptors (Lipinski definition) is 4. The van der Waals surface area contributed by atoms with Crippen LogP contribution in [0.25, 0.3) is 17.0 Å². The maximum atomic E-state index is 12.4. The van der Waals surface area contributed by atoms with Gasteiger partial charge >= 0.3 is 0 Å². The van der Waals surface area contributed by atoms with Crippen molar-refractivity contribution in [2.45, 2.75) is 30.6 Å². The van der Waals surface area contributed by atoms with Crippen LogP contribution in [0.2, 0.25) is 0 Å². The summed E-state index contributed by atoms with van der Waals surface area (Å²) in [4.78, 5) is 13.9. The number of amides is 1. The lowest BCUT2D eigenvalue weighted by molar-refractivity contribution is -0.126. The van der Waals surface area contributed by atoms with E-state index in [1.807, 2.05) is 30.3 Å². The molecule has 24 heavy (non-hydrogen) atoms. The second-order valence-electron chi connectivity index (χ2n) is 6.34. The smallest absolute Gasteiger partial charge is 0.246 e. The van der Waals surface area contributed by atoms with Gasteiger partial charge in [-0.2, -0.15) is 0 Å². The van der Waals surface area contributed by atoms with E-state index in [1.54, 1.807) is 13.1 Å². The molecule has 128 valence electrons. The third kappa shape index (κ3) is 3.38. The fourth-order valence-corrected chi connectivity index (χ4v) is 4.85. The van der Waals surface area contributed by atoms with Crippen molar-refractivity contribution >= 4 is 32.8 Å². The summed E-state index contributed by atoms with van der Waals surface area (Å²) in [5.41, 5.74) is 0.769. The molecule has 0 saturated heterocycles. The van der Waals surface area contributed by atoms with Crippen molar-refractivity contribution in [1.82, 2.24) is 4.90 Å². The molecule has 1 aliphatic rings. The number of likely N-dealkylation sites (N-methyl/N-ethyl adjacent to an activating group) is 1. The second-order valence-corrected chi connectivity index (χ2v) is 8.60. The number of carbonyl (C=O) groups is 1. The summed E-state index contributed by atoms with van der Waals surface area (Å²) in [6.07, 6.45) is 6.48. The van der Waals surface area contributed by atoms with Gasteiger partial charge in [-0.15, -0.1) is 0 Å². The number of fused-ring (bicyclic) bond motifs is 1. The van der Waals surface area contributed by atoms with Crippen molar-refractivity contribution in [3.63, 3.8) is 0 Å². The van der Waals surface area contributed by atoms with E-state index in [1.165, 1.54) is 17.2 Å². The van der Waals surface area contributed by atoms with Crippen LogP contribution in [0.3, 0.4) is 0 Å². The average Bonchev–Trinajstić information content (AvgIpc) is 3.17. The predicted octanol–water partition coefficient (Wildman–Crippen LogP) is 2.87. The third-order valence-electron chi connectivity index (χ3n) is 4.65. The molecule has 2 atom stereocenters. The van der Waals surface area contributed by atoms with Crippen molar-refractivity contribution in [2.75, 3.05) is 13.3 Å². The molecule has 2 aromatic rings. The van der Waals surface area contributed by atoms with Crippen molar-refractivity contribution in [1.29, 1.82) is 0 Å². The Labute approximate surface area is 141 Å². The number of para-hydroxylation sites is 1. The molecule has 1 amide bonds. The van der Waals surface area contributed by atoms with Crippen LogP contribution in [0, 0.1) is 0 Å². The van der Waals surface area contributed by atoms with Gasteiger partial charge in [0.15, 0.2) is 9.84 Å². The van der Waals surface area contributed by atoms with Crippen LogP contribution in [0.4, 0.5) is 0 Å². The van der Waals surface area contributed by atoms with E-state index in [9.17, 15) is 13.2 Å². The van der Waals surface area contributed by atoms with E-state index >= 15 is 0 Å². The maximum Gasteiger partial charge on any atom is 0.246 e. The quantitative estimate of drug-likeness (QED) is 0.798. The van der Waals surface area contributed by atoms with Gasteiger partial charge in [-0.3, -0.25) is 4.79 Å². The summed E-state index contributed by atoms with van der Waals surface area (Å²) in [6.45, 7) is 0. The van der Waals surface area contributed by atoms with Crippen LogP contribution in [0.15, 0.2) is 40.8 Å². The van der Waals surface area contributed by atoms with E-state index < -0.39 is 15.1 Å². The Morgan fingerprint density at radius 2 is 2.04 bits per heavy atom. The topological polar surface area (TPSA) is 67.6 Å². The minimum Gasteiger partial charge on any atom is -0.457 e. The Bertz CT molecular complexity index is 848. The van der Waals surface area contributed by atoms with Gasteiger partial charge in [-0.1, -0.05) is 18.2 Å². The molecule has 5 nitrogen and oxygen atoms in total. The zero-order chi connectivity index (χ0) is 17.3. The molecule has 1 fully saturated rings. The SMILES string of the molecule is CN(C(=O)/C=C\c1cc2ccccc2o1)[C@@H]1CCC[C@@H]1S(C)(=O)=O. The number of rotatable bonds is 4. The molecule has 1 aliphatic carbocycles. The fraction of sp³-hybridized carbons (Fsp3) is 0.389. The van der Waals surface area contributed by atoms with Crippen LogP contribution in [0.5, 0.6) is 0 Å². The van der Waals surface area contributed by atoms with Gasteiger partial charge in [0.1, 0.15) is 11.3 Å². The van der Waals surface area contributed by atoms with Crippen LogP contribution in [-0.2, 0) is 14.6 Å². The Morgan fingerprint density at radius 1 is 1.29 bits per heavy atom. The molecule has 6 heteroatoms. The molecule has 0 N–H and O–H groups in total. The molecule has 0 bridgehead atoms. The molecule has 1 saturated carbocycles. The summed E-state index contributed by atoms with van der Waals surface area (Å²) in [7, 11) is -1.49. The molecule has 1 aromatic heterocycles. The normalized spacial score (nSPS) is 21.6. The van der Waals surface area contributed by atoms with E-state index in [0.717, 1.165) is 23.8 Å². The second kappa shape index (κ2) is 6.43. The van der Waals surface area contributed by atoms with Gasteiger partial charge in [0.25, 0.3) is 0 Å². The van der Waals surface area contributed by atoms with E-state index in [2.05, 4.69) is 0 Å². The monoisotopic (exact) mass is 347 g/mol. The average molecular weight is 347 g/mol. The highest BCUT2D eigenvalue weighted by atomic mass is 32.2. The Hall–Kier alpha value is -2.08. The highest BCUT2D eigenvalue weighted by Crippen LogP contribution is 2.29. The van der Waals surface area contributed by atoms with Crippen LogP contribution in [-0.4, -0.2) is 43.8 Å². The van der Waals surface area contributed by atoms with E-state index in [0.29, 0.717) is 12.2 Å². The molecule has 0 radical (unpaired) electrons. The number of carbonyl (C=O) groups excluding carboxylic acids is 1. The van der Waals surface area contributed by atoms with Gasteiger partial charge in [0, 0.05) is 30.8 Å². The highest BCUT2D eigenvalue weighted by Gasteiger charge is 2.38. The summed E-state index contributed by atoms with van der Waals surface area (Å²) in [6, 6.07) is 9.25. The molecular weight excluding hydrogens is 326 g/mol. The molecular formula is C18H21NO4S. The van der Waals surface area contributed by atoms with Crippen molar-refractivity contribution in [2.24, 2.45) is 0 Å². The fourth-order valence-electron chi connectivity index (χ4n) is 3.37. The van der Waals surface area contributed by atoms with Gasteiger partial charge in [0.05, 0.1) is 5.25 Å². The summed E-state index contributed by atoms with van der Waals surface area (Å²) in [5, 5.41) is 0.511. The standard InChI is InChI=1S/C18H21NO4S/c1-19(15-7-5-9-17(15)24(2,21)22)18(20)11-10-14-12-13-6-3-4-8-16(13)23-14/h3-4,6,8,10-12,15,17H,5,7,9H2,1-2H3/b11-10-/t15-,17+/m1/s1. The first kappa shape index (κ1) is 16.8. The lowest BCUT2D eigenvalue weighted by Crippen LogP contribution is -2.43. The molecule has 0 aliphatic heterocycles. The lowest BCUT2D eigenvalue weighted by atomic mass is 10.2. The summed E-state index contributed by atoms with van der Waals surface area (Å²) in [5.74, 6) is 0.389. The lowest BCUT2D eigenvalue weighted by Gasteiger charge is -2.27. The minimum atomic E-state index is -3.15. The highest BCUT2D eigenvalue weighted by molar-refractivity contribution is 7.91. The molecule has 3 rings (SSSR count). The zero-order valence-corrected chi connectivity index (χ0v) is 14.6. The predicted molar refractivity (Wildman–Crippen MR) is 94.3 cm³/mol. The summed E-state index contributed by atoms with van der Waals surface area (Å²) < 4.78 is 29.4. The molecule has 0 spiro atoms. The van der Waals surface area contributed by atoms with Gasteiger partial charge in [-0.05, 0) is 37.5 Å². The van der Waals surface area contributed by atoms with Crippen molar-refractivity contribution in [3.05, 3.63) is 42.2 Å². The van der Waals surface area contributed by atoms with Crippen molar-refractivity contribution in [3.8, 4) is 0 Å². The first-order valence-corrected chi connectivity index (χ1v) is 9.94. The van der Waals surface area contributed by atoms with Gasteiger partial charge < -0.3 is 9.32 Å². The van der Waals surface area contributed by atoms with Gasteiger partial charge in [-0.25, -0.2) is 8.42 Å². The van der Waals surface area contributed by atoms with Crippen LogP contribution >= 0.6 is 0 Å². The maximum absolute atomic E-state index is 12.4. The molecule has 1 heterocycles. The molecule has 0 unspecified atom stereocenters. The van der Waals surface area contributed by atoms with Gasteiger partial charge in [0.2, 0.25) is 5.91 Å². The third-order valence-corrected chi connectivity index (χ3v) is 6.30. The van der Waals surface area contributed by atoms with Crippen LogP contribution in [0.1, 0.15) is 25.0 Å². The van der Waals surface area contributed by atoms with Crippen LogP contribution < -0.4 is 0 Å². The largest absolute Gasteiger partial charge is 0.457 e. The van der Waals surface area contributed by atoms with E-state index in [-0.39, 0.29) is 11.9 Å². The van der Waals surface area contributed by atoms with E-state index in [4.69, 9.17) is 4.42 Å². The first-order chi connectivity index (χ1) is 11.4. The first-order valence-electron chi connectivity index (χ1n) is 7.98. The number of benzene rings is 1. The number of furan rings is 1. The zero-order valence-electron chi connectivity index (χ0n) is 13.8. The minimum absolute atomic E-state index is 0.212. The Morgan fingerprint density at radius 3 is 2.75 bits per heavy atom. The number of sulfone groups is 1. The molecule has 1 aromatic carbocycles. The number of nitrogens with zero attached hydrogens (tertiary/aromatic N) is 1. The van der Waals surface area contributed by atoms with Crippen molar-refractivity contribution < 1.29 is 17.6 Å². The Kier molecular flexibility index (Phi) is 4.49. The number of hydrogen-bond donors (Lipinski definition) is 0. The Balaban J connectivity index is 1.74.